The minimum Gasteiger partial charge on any atom is -0.353 e. The van der Waals surface area contributed by atoms with E-state index in [0.29, 0.717) is 38.0 Å². The lowest BCUT2D eigenvalue weighted by atomic mass is 9.96. The second-order valence-electron chi connectivity index (χ2n) is 9.49. The highest BCUT2D eigenvalue weighted by Gasteiger charge is 2.54. The summed E-state index contributed by atoms with van der Waals surface area (Å²) in [5.41, 5.74) is 1.55. The topological polar surface area (TPSA) is 91.8 Å². The quantitative estimate of drug-likeness (QED) is 0.736. The SMILES string of the molecule is Cc1cccc(C(=O)N2[C@H](C(=O)NCc3ccncc3)COC23CCN(C(=O)C2CC2)CC3)c1. The lowest BCUT2D eigenvalue weighted by molar-refractivity contribution is -0.144. The van der Waals surface area contributed by atoms with Crippen LogP contribution in [0.2, 0.25) is 0 Å². The van der Waals surface area contributed by atoms with Crippen LogP contribution in [0.5, 0.6) is 0 Å². The summed E-state index contributed by atoms with van der Waals surface area (Å²) in [6.07, 6.45) is 6.29. The van der Waals surface area contributed by atoms with Crippen molar-refractivity contribution in [2.75, 3.05) is 19.7 Å². The van der Waals surface area contributed by atoms with Gasteiger partial charge < -0.3 is 15.0 Å². The van der Waals surface area contributed by atoms with E-state index < -0.39 is 11.8 Å². The lowest BCUT2D eigenvalue weighted by Crippen LogP contribution is -2.59. The van der Waals surface area contributed by atoms with Crippen molar-refractivity contribution in [1.29, 1.82) is 0 Å². The summed E-state index contributed by atoms with van der Waals surface area (Å²) in [6.45, 7) is 3.47. The van der Waals surface area contributed by atoms with Crippen molar-refractivity contribution in [2.45, 2.75) is 50.9 Å². The first-order valence-corrected chi connectivity index (χ1v) is 12.0. The highest BCUT2D eigenvalue weighted by Crippen LogP contribution is 2.40. The number of benzene rings is 1. The molecule has 2 aromatic rings. The fourth-order valence-electron chi connectivity index (χ4n) is 4.96. The molecule has 5 rings (SSSR count). The molecule has 1 aromatic heterocycles. The Hall–Kier alpha value is -3.26. The monoisotopic (exact) mass is 462 g/mol. The Balaban J connectivity index is 1.37. The molecule has 2 saturated heterocycles. The van der Waals surface area contributed by atoms with Crippen molar-refractivity contribution in [2.24, 2.45) is 5.92 Å². The van der Waals surface area contributed by atoms with Gasteiger partial charge in [0.2, 0.25) is 11.8 Å². The minimum absolute atomic E-state index is 0.135. The third kappa shape index (κ3) is 4.42. The summed E-state index contributed by atoms with van der Waals surface area (Å²) in [4.78, 5) is 47.1. The first-order chi connectivity index (χ1) is 16.5. The number of aromatic nitrogens is 1. The Labute approximate surface area is 199 Å². The molecule has 8 nitrogen and oxygen atoms in total. The molecule has 2 aliphatic heterocycles. The predicted octanol–water partition coefficient (Wildman–Crippen LogP) is 2.28. The molecule has 1 atom stereocenters. The Morgan fingerprint density at radius 3 is 2.53 bits per heavy atom. The second-order valence-corrected chi connectivity index (χ2v) is 9.49. The molecule has 0 radical (unpaired) electrons. The highest BCUT2D eigenvalue weighted by molar-refractivity contribution is 5.98. The van der Waals surface area contributed by atoms with Gasteiger partial charge in [-0.2, -0.15) is 0 Å². The van der Waals surface area contributed by atoms with E-state index in [4.69, 9.17) is 4.74 Å². The van der Waals surface area contributed by atoms with Crippen LogP contribution in [0, 0.1) is 12.8 Å². The Kier molecular flexibility index (Phi) is 6.08. The van der Waals surface area contributed by atoms with Gasteiger partial charge in [-0.15, -0.1) is 0 Å². The summed E-state index contributed by atoms with van der Waals surface area (Å²) in [7, 11) is 0. The zero-order valence-electron chi connectivity index (χ0n) is 19.4. The van der Waals surface area contributed by atoms with E-state index in [1.165, 1.54) is 0 Å². The average Bonchev–Trinajstić information content (AvgIpc) is 3.65. The van der Waals surface area contributed by atoms with E-state index in [2.05, 4.69) is 10.3 Å². The van der Waals surface area contributed by atoms with E-state index in [-0.39, 0.29) is 30.2 Å². The average molecular weight is 463 g/mol. The maximum absolute atomic E-state index is 13.8. The van der Waals surface area contributed by atoms with Crippen LogP contribution in [-0.4, -0.2) is 64.0 Å². The molecular formula is C26H30N4O4. The third-order valence-electron chi connectivity index (χ3n) is 7.05. The number of likely N-dealkylation sites (tertiary alicyclic amines) is 1. The molecule has 1 aliphatic carbocycles. The van der Waals surface area contributed by atoms with Gasteiger partial charge in [0.25, 0.3) is 5.91 Å². The molecule has 34 heavy (non-hydrogen) atoms. The molecule has 178 valence electrons. The number of carbonyl (C=O) groups excluding carboxylic acids is 3. The maximum atomic E-state index is 13.8. The predicted molar refractivity (Wildman–Crippen MR) is 124 cm³/mol. The van der Waals surface area contributed by atoms with Crippen LogP contribution >= 0.6 is 0 Å². The van der Waals surface area contributed by atoms with Gasteiger partial charge in [0.1, 0.15) is 11.8 Å². The van der Waals surface area contributed by atoms with Gasteiger partial charge in [-0.3, -0.25) is 24.3 Å². The smallest absolute Gasteiger partial charge is 0.256 e. The Morgan fingerprint density at radius 1 is 1.12 bits per heavy atom. The van der Waals surface area contributed by atoms with Crippen LogP contribution in [0.1, 0.15) is 47.2 Å². The summed E-state index contributed by atoms with van der Waals surface area (Å²) in [6, 6.07) is 10.4. The third-order valence-corrected chi connectivity index (χ3v) is 7.05. The number of pyridine rings is 1. The van der Waals surface area contributed by atoms with Crippen LogP contribution in [0.4, 0.5) is 0 Å². The van der Waals surface area contributed by atoms with E-state index in [0.717, 1.165) is 24.0 Å². The minimum atomic E-state index is -0.889. The summed E-state index contributed by atoms with van der Waals surface area (Å²) in [5.74, 6) is -0.0928. The number of rotatable bonds is 5. The first kappa shape index (κ1) is 22.5. The van der Waals surface area contributed by atoms with Crippen LogP contribution in [0.25, 0.3) is 0 Å². The number of ether oxygens (including phenoxy) is 1. The molecule has 3 heterocycles. The molecule has 0 bridgehead atoms. The van der Waals surface area contributed by atoms with Gasteiger partial charge in [0.15, 0.2) is 0 Å². The number of nitrogens with zero attached hydrogens (tertiary/aromatic N) is 3. The molecule has 3 amide bonds. The van der Waals surface area contributed by atoms with Crippen molar-refractivity contribution in [3.8, 4) is 0 Å². The van der Waals surface area contributed by atoms with Crippen LogP contribution < -0.4 is 5.32 Å². The largest absolute Gasteiger partial charge is 0.353 e. The second kappa shape index (κ2) is 9.18. The molecule has 0 unspecified atom stereocenters. The molecule has 1 N–H and O–H groups in total. The number of aryl methyl sites for hydroxylation is 1. The lowest BCUT2D eigenvalue weighted by Gasteiger charge is -2.44. The molecule has 1 saturated carbocycles. The normalized spacial score (nSPS) is 21.5. The van der Waals surface area contributed by atoms with Crippen LogP contribution in [-0.2, 0) is 20.9 Å². The standard InChI is InChI=1S/C26H30N4O4/c1-18-3-2-4-21(15-18)25(33)30-22(23(31)28-16-19-7-11-27-12-8-19)17-34-26(30)9-13-29(14-10-26)24(32)20-5-6-20/h2-4,7-8,11-12,15,20,22H,5-6,9-10,13-14,16-17H2,1H3,(H,28,31)/t22-/m0/s1. The number of hydrogen-bond donors (Lipinski definition) is 1. The number of hydrogen-bond acceptors (Lipinski definition) is 5. The molecule has 3 fully saturated rings. The van der Waals surface area contributed by atoms with E-state index in [1.54, 1.807) is 23.4 Å². The van der Waals surface area contributed by atoms with Gasteiger partial charge in [-0.25, -0.2) is 0 Å². The number of amides is 3. The van der Waals surface area contributed by atoms with Gasteiger partial charge >= 0.3 is 0 Å². The molecule has 1 aromatic carbocycles. The van der Waals surface area contributed by atoms with Crippen LogP contribution in [0.3, 0.4) is 0 Å². The van der Waals surface area contributed by atoms with Gasteiger partial charge in [-0.1, -0.05) is 17.7 Å². The van der Waals surface area contributed by atoms with Crippen molar-refractivity contribution < 1.29 is 19.1 Å². The zero-order chi connectivity index (χ0) is 23.7. The highest BCUT2D eigenvalue weighted by atomic mass is 16.5. The van der Waals surface area contributed by atoms with E-state index >= 15 is 0 Å². The van der Waals surface area contributed by atoms with Crippen molar-refractivity contribution in [3.05, 3.63) is 65.5 Å². The fraction of sp³-hybridized carbons (Fsp3) is 0.462. The van der Waals surface area contributed by atoms with Gasteiger partial charge in [-0.05, 0) is 49.6 Å². The Morgan fingerprint density at radius 2 is 1.85 bits per heavy atom. The molecule has 8 heteroatoms. The zero-order valence-corrected chi connectivity index (χ0v) is 19.4. The molecule has 3 aliphatic rings. The van der Waals surface area contributed by atoms with E-state index in [9.17, 15) is 14.4 Å². The van der Waals surface area contributed by atoms with Crippen molar-refractivity contribution in [3.63, 3.8) is 0 Å². The number of carbonyl (C=O) groups is 3. The fourth-order valence-corrected chi connectivity index (χ4v) is 4.96. The maximum Gasteiger partial charge on any atom is 0.256 e. The van der Waals surface area contributed by atoms with Gasteiger partial charge in [0, 0.05) is 56.4 Å². The summed E-state index contributed by atoms with van der Waals surface area (Å²) >= 11 is 0. The first-order valence-electron chi connectivity index (χ1n) is 12.0. The van der Waals surface area contributed by atoms with Crippen molar-refractivity contribution >= 4 is 17.7 Å². The van der Waals surface area contributed by atoms with Crippen molar-refractivity contribution in [1.82, 2.24) is 20.1 Å². The number of nitrogens with one attached hydrogen (secondary N) is 1. The van der Waals surface area contributed by atoms with Gasteiger partial charge in [0.05, 0.1) is 6.61 Å². The molecule has 1 spiro atoms. The molecular weight excluding hydrogens is 432 g/mol. The summed E-state index contributed by atoms with van der Waals surface area (Å²) < 4.78 is 6.25. The summed E-state index contributed by atoms with van der Waals surface area (Å²) in [5, 5.41) is 2.96. The number of piperidine rings is 1. The van der Waals surface area contributed by atoms with E-state index in [1.807, 2.05) is 42.2 Å². The Bertz CT molecular complexity index is 1080. The van der Waals surface area contributed by atoms with Crippen LogP contribution in [0.15, 0.2) is 48.8 Å².